The Bertz CT molecular complexity index is 1890. The van der Waals surface area contributed by atoms with E-state index in [0.717, 1.165) is 27.2 Å². The minimum absolute atomic E-state index is 0. The molecule has 0 saturated heterocycles. The van der Waals surface area contributed by atoms with Gasteiger partial charge in [-0.05, 0) is 39.7 Å². The zero-order valence-corrected chi connectivity index (χ0v) is 30.6. The van der Waals surface area contributed by atoms with Crippen LogP contribution in [-0.4, -0.2) is 23.2 Å². The van der Waals surface area contributed by atoms with E-state index in [9.17, 15) is 0 Å². The van der Waals surface area contributed by atoms with Crippen LogP contribution < -0.4 is 4.40 Å². The van der Waals surface area contributed by atoms with Gasteiger partial charge in [-0.25, -0.2) is 0 Å². The number of hydrogen-bond donors (Lipinski definition) is 0. The van der Waals surface area contributed by atoms with Crippen molar-refractivity contribution in [3.63, 3.8) is 0 Å². The Morgan fingerprint density at radius 3 is 2.31 bits per heavy atom. The zero-order valence-electron chi connectivity index (χ0n) is 27.3. The maximum absolute atomic E-state index is 8.56. The molecule has 0 unspecified atom stereocenters. The van der Waals surface area contributed by atoms with Crippen LogP contribution >= 0.6 is 11.3 Å². The molecular weight excluding hydrogens is 769 g/mol. The van der Waals surface area contributed by atoms with E-state index in [1.54, 1.807) is 23.6 Å². The number of nitrogens with zero attached hydrogens (tertiary/aromatic N) is 2. The van der Waals surface area contributed by atoms with Gasteiger partial charge in [0.05, 0.1) is 0 Å². The minimum Gasteiger partial charge on any atom is -0.305 e. The molecule has 0 aliphatic carbocycles. The average Bonchev–Trinajstić information content (AvgIpc) is 3.36. The summed E-state index contributed by atoms with van der Waals surface area (Å²) in [6, 6.07) is 32.8. The van der Waals surface area contributed by atoms with E-state index < -0.39 is 25.1 Å². The fourth-order valence-electron chi connectivity index (χ4n) is 5.00. The van der Waals surface area contributed by atoms with Gasteiger partial charge in [-0.2, -0.15) is 11.3 Å². The van der Waals surface area contributed by atoms with Crippen LogP contribution in [0.4, 0.5) is 0 Å². The summed E-state index contributed by atoms with van der Waals surface area (Å²) in [6.07, 6.45) is 2.33. The van der Waals surface area contributed by atoms with Crippen molar-refractivity contribution >= 4 is 49.2 Å². The normalized spacial score (nSPS) is 12.6. The molecule has 0 amide bonds. The molecule has 0 bridgehead atoms. The molecule has 0 aliphatic rings. The molecule has 0 aliphatic heterocycles. The summed E-state index contributed by atoms with van der Waals surface area (Å²) in [7, 11) is 0. The van der Waals surface area contributed by atoms with Crippen LogP contribution in [0, 0.1) is 24.5 Å². The van der Waals surface area contributed by atoms with Crippen LogP contribution in [0.25, 0.3) is 42.7 Å². The summed E-state index contributed by atoms with van der Waals surface area (Å²) in [4.78, 5) is 9.13. The van der Waals surface area contributed by atoms with E-state index in [2.05, 4.69) is 95.0 Å². The Hall–Kier alpha value is -2.63. The maximum atomic E-state index is 8.56. The van der Waals surface area contributed by atoms with Gasteiger partial charge in [0.1, 0.15) is 0 Å². The first-order valence-electron chi connectivity index (χ1n) is 15.0. The quantitative estimate of drug-likeness (QED) is 0.131. The summed E-state index contributed by atoms with van der Waals surface area (Å²) in [5, 5.41) is 2.44. The first kappa shape index (κ1) is 29.4. The molecule has 3 aromatic heterocycles. The van der Waals surface area contributed by atoms with Crippen LogP contribution in [0.15, 0.2) is 91.3 Å². The molecule has 5 heteroatoms. The van der Waals surface area contributed by atoms with E-state index in [1.165, 1.54) is 25.4 Å². The number of pyridine rings is 2. The predicted octanol–water partition coefficient (Wildman–Crippen LogP) is 9.91. The van der Waals surface area contributed by atoms with Gasteiger partial charge in [-0.1, -0.05) is 56.0 Å². The summed E-state index contributed by atoms with van der Waals surface area (Å²) < 4.78 is 21.0. The molecule has 3 aromatic carbocycles. The van der Waals surface area contributed by atoms with Gasteiger partial charge in [-0.15, -0.1) is 23.8 Å². The Morgan fingerprint density at radius 1 is 0.857 bits per heavy atom. The third-order valence-corrected chi connectivity index (χ3v) is 12.5. The molecule has 0 spiro atoms. The van der Waals surface area contributed by atoms with E-state index in [-0.39, 0.29) is 20.1 Å². The standard InChI is InChI=1S/C22H20NS.C15H18GeN.Ir/c1-22(2,3)14-15-11-12-23-19(13-15)18-9-6-8-17-16-7-4-5-10-20(16)24-21(17)18;1-12-10-15(13-8-6-5-7-9-13)17-11-14(12)16(2,3)4;/h4-8,10-13H,14H2,1-3H3;5-8,10-11H,1-4H3;/q2*-1;/i14D2;;. The first-order valence-corrected chi connectivity index (χ1v) is 22.2. The molecule has 217 valence electrons. The average molecular weight is 810 g/mol. The van der Waals surface area contributed by atoms with Gasteiger partial charge in [0, 0.05) is 33.7 Å². The predicted molar refractivity (Wildman–Crippen MR) is 181 cm³/mol. The second-order valence-electron chi connectivity index (χ2n) is 12.4. The Kier molecular flexibility index (Phi) is 9.36. The van der Waals surface area contributed by atoms with Crippen molar-refractivity contribution in [2.24, 2.45) is 5.41 Å². The van der Waals surface area contributed by atoms with E-state index >= 15 is 0 Å². The van der Waals surface area contributed by atoms with Crippen molar-refractivity contribution in [1.29, 1.82) is 0 Å². The van der Waals surface area contributed by atoms with Crippen LogP contribution in [-0.2, 0) is 26.5 Å². The first-order chi connectivity index (χ1) is 20.3. The van der Waals surface area contributed by atoms with Gasteiger partial charge < -0.3 is 4.98 Å². The number of rotatable bonds is 4. The van der Waals surface area contributed by atoms with Gasteiger partial charge in [0.25, 0.3) is 0 Å². The number of thiophene rings is 1. The Balaban J connectivity index is 0.000000214. The van der Waals surface area contributed by atoms with Crippen LogP contribution in [0.5, 0.6) is 0 Å². The largest absolute Gasteiger partial charge is 0.305 e. The topological polar surface area (TPSA) is 25.8 Å². The number of benzene rings is 3. The molecule has 6 rings (SSSR count). The van der Waals surface area contributed by atoms with Crippen molar-refractivity contribution in [2.45, 2.75) is 51.3 Å². The fraction of sp³-hybridized carbons (Fsp3) is 0.243. The SMILES string of the molecule is Cc1cc(-c2[c-]cccc2)nc[c]1[Ge]([CH3])([CH3])[CH3].[2H]C([2H])(c1ccnc(-c2[c-]ccc3c2sc2ccccc23)c1)C(C)(C)C.[Ir]. The van der Waals surface area contributed by atoms with E-state index in [1.807, 2.05) is 51.1 Å². The third kappa shape index (κ3) is 7.65. The monoisotopic (exact) mass is 811 g/mol. The van der Waals surface area contributed by atoms with Crippen LogP contribution in [0.3, 0.4) is 0 Å². The van der Waals surface area contributed by atoms with E-state index in [0.29, 0.717) is 5.56 Å². The number of aryl methyl sites for hydroxylation is 1. The van der Waals surface area contributed by atoms with Crippen molar-refractivity contribution < 1.29 is 22.8 Å². The minimum atomic E-state index is -1.77. The van der Waals surface area contributed by atoms with Crippen molar-refractivity contribution in [3.8, 4) is 22.5 Å². The van der Waals surface area contributed by atoms with Gasteiger partial charge in [0.2, 0.25) is 0 Å². The molecule has 0 atom stereocenters. The second kappa shape index (κ2) is 13.3. The molecule has 2 nitrogen and oxygen atoms in total. The summed E-state index contributed by atoms with van der Waals surface area (Å²) in [5.74, 6) is 7.20. The summed E-state index contributed by atoms with van der Waals surface area (Å²) >= 11 is -0.0356. The van der Waals surface area contributed by atoms with Crippen LogP contribution in [0.1, 0.15) is 34.6 Å². The summed E-state index contributed by atoms with van der Waals surface area (Å²) in [5.41, 5.74) is 5.34. The molecule has 42 heavy (non-hydrogen) atoms. The Labute approximate surface area is 274 Å². The molecular formula is C37H38GeIrN2S-2. The number of hydrogen-bond acceptors (Lipinski definition) is 3. The van der Waals surface area contributed by atoms with Gasteiger partial charge in [-0.3, -0.25) is 0 Å². The van der Waals surface area contributed by atoms with E-state index in [4.69, 9.17) is 2.74 Å². The van der Waals surface area contributed by atoms with Crippen molar-refractivity contribution in [1.82, 2.24) is 9.97 Å². The van der Waals surface area contributed by atoms with Crippen LogP contribution in [0.2, 0.25) is 17.3 Å². The number of aromatic nitrogens is 2. The van der Waals surface area contributed by atoms with Gasteiger partial charge in [0.15, 0.2) is 0 Å². The van der Waals surface area contributed by atoms with Crippen molar-refractivity contribution in [2.75, 3.05) is 0 Å². The van der Waals surface area contributed by atoms with Crippen molar-refractivity contribution in [3.05, 3.63) is 115 Å². The fourth-order valence-corrected chi connectivity index (χ4v) is 9.79. The molecule has 1 radical (unpaired) electrons. The second-order valence-corrected chi connectivity index (χ2v) is 24.0. The summed E-state index contributed by atoms with van der Waals surface area (Å²) in [6.45, 7) is 7.96. The molecule has 3 heterocycles. The maximum Gasteiger partial charge on any atom is 0.0321 e. The third-order valence-electron chi connectivity index (χ3n) is 6.78. The molecule has 0 N–H and O–H groups in total. The zero-order chi connectivity index (χ0) is 31.0. The molecule has 0 fully saturated rings. The Morgan fingerprint density at radius 2 is 1.62 bits per heavy atom. The smallest absolute Gasteiger partial charge is 0.0321 e. The molecule has 6 aromatic rings. The number of fused-ring (bicyclic) bond motifs is 3. The van der Waals surface area contributed by atoms with Gasteiger partial charge >= 0.3 is 106 Å². The molecule has 0 saturated carbocycles.